The highest BCUT2D eigenvalue weighted by Crippen LogP contribution is 2.25. The summed E-state index contributed by atoms with van der Waals surface area (Å²) in [6, 6.07) is 4.57. The standard InChI is InChI=1S/C14H16Cl2N2O3/c1-9(19)17-2-4-18(5-3-17)14(21)13(20)10-6-11(15)8-12(16)7-10/h6-8,13,20H,2-5H2,1H3. The normalized spacial score (nSPS) is 16.8. The largest absolute Gasteiger partial charge is 0.378 e. The number of carbonyl (C=O) groups excluding carboxylic acids is 2. The first-order valence-corrected chi connectivity index (χ1v) is 7.32. The molecular weight excluding hydrogens is 315 g/mol. The van der Waals surface area contributed by atoms with Gasteiger partial charge in [-0.1, -0.05) is 23.2 Å². The molecule has 5 nitrogen and oxygen atoms in total. The van der Waals surface area contributed by atoms with Crippen LogP contribution >= 0.6 is 23.2 Å². The van der Waals surface area contributed by atoms with Crippen molar-refractivity contribution in [1.29, 1.82) is 0 Å². The molecular formula is C14H16Cl2N2O3. The summed E-state index contributed by atoms with van der Waals surface area (Å²) in [6.45, 7) is 3.27. The molecule has 21 heavy (non-hydrogen) atoms. The average molecular weight is 331 g/mol. The molecule has 1 heterocycles. The average Bonchev–Trinajstić information content (AvgIpc) is 2.44. The molecule has 1 aliphatic rings. The maximum atomic E-state index is 12.3. The van der Waals surface area contributed by atoms with Gasteiger partial charge in [-0.05, 0) is 23.8 Å². The fourth-order valence-electron chi connectivity index (χ4n) is 2.29. The number of hydrogen-bond acceptors (Lipinski definition) is 3. The molecule has 1 aromatic carbocycles. The van der Waals surface area contributed by atoms with E-state index in [9.17, 15) is 14.7 Å². The van der Waals surface area contributed by atoms with Crippen molar-refractivity contribution in [2.24, 2.45) is 0 Å². The number of aliphatic hydroxyl groups excluding tert-OH is 1. The zero-order valence-corrected chi connectivity index (χ0v) is 13.1. The molecule has 1 fully saturated rings. The third kappa shape index (κ3) is 3.87. The van der Waals surface area contributed by atoms with Crippen LogP contribution in [0.15, 0.2) is 18.2 Å². The molecule has 1 unspecified atom stereocenters. The Morgan fingerprint density at radius 3 is 2.00 bits per heavy atom. The Bertz CT molecular complexity index is 537. The highest BCUT2D eigenvalue weighted by molar-refractivity contribution is 6.34. The van der Waals surface area contributed by atoms with Crippen LogP contribution < -0.4 is 0 Å². The first kappa shape index (κ1) is 16.1. The number of nitrogens with zero attached hydrogens (tertiary/aromatic N) is 2. The van der Waals surface area contributed by atoms with Crippen LogP contribution in [0.25, 0.3) is 0 Å². The van der Waals surface area contributed by atoms with Crippen molar-refractivity contribution < 1.29 is 14.7 Å². The minimum Gasteiger partial charge on any atom is -0.378 e. The number of piperazine rings is 1. The predicted octanol–water partition coefficient (Wildman–Crippen LogP) is 1.72. The number of halogens is 2. The first-order valence-electron chi connectivity index (χ1n) is 6.57. The van der Waals surface area contributed by atoms with Gasteiger partial charge in [-0.2, -0.15) is 0 Å². The van der Waals surface area contributed by atoms with Crippen LogP contribution in [0.3, 0.4) is 0 Å². The maximum absolute atomic E-state index is 12.3. The Balaban J connectivity index is 2.04. The highest BCUT2D eigenvalue weighted by Gasteiger charge is 2.28. The highest BCUT2D eigenvalue weighted by atomic mass is 35.5. The van der Waals surface area contributed by atoms with Gasteiger partial charge in [0.05, 0.1) is 0 Å². The van der Waals surface area contributed by atoms with Crippen molar-refractivity contribution in [3.8, 4) is 0 Å². The lowest BCUT2D eigenvalue weighted by atomic mass is 10.1. The SMILES string of the molecule is CC(=O)N1CCN(C(=O)C(O)c2cc(Cl)cc(Cl)c2)CC1. The third-order valence-electron chi connectivity index (χ3n) is 3.47. The van der Waals surface area contributed by atoms with Gasteiger partial charge in [0.15, 0.2) is 6.10 Å². The molecule has 2 amide bonds. The van der Waals surface area contributed by atoms with E-state index in [0.717, 1.165) is 0 Å². The van der Waals surface area contributed by atoms with Gasteiger partial charge in [0.1, 0.15) is 0 Å². The van der Waals surface area contributed by atoms with Crippen molar-refractivity contribution in [1.82, 2.24) is 9.80 Å². The molecule has 0 bridgehead atoms. The number of hydrogen-bond donors (Lipinski definition) is 1. The van der Waals surface area contributed by atoms with E-state index in [-0.39, 0.29) is 5.91 Å². The lowest BCUT2D eigenvalue weighted by Crippen LogP contribution is -2.51. The number of amides is 2. The predicted molar refractivity (Wildman–Crippen MR) is 80.3 cm³/mol. The van der Waals surface area contributed by atoms with E-state index in [1.165, 1.54) is 25.1 Å². The Morgan fingerprint density at radius 1 is 1.05 bits per heavy atom. The van der Waals surface area contributed by atoms with E-state index in [4.69, 9.17) is 23.2 Å². The summed E-state index contributed by atoms with van der Waals surface area (Å²) in [5, 5.41) is 10.9. The number of carbonyl (C=O) groups is 2. The molecule has 0 radical (unpaired) electrons. The van der Waals surface area contributed by atoms with Gasteiger partial charge in [-0.3, -0.25) is 9.59 Å². The number of benzene rings is 1. The molecule has 1 atom stereocenters. The second-order valence-corrected chi connectivity index (χ2v) is 5.81. The molecule has 0 aromatic heterocycles. The van der Waals surface area contributed by atoms with Gasteiger partial charge in [0.2, 0.25) is 5.91 Å². The lowest BCUT2D eigenvalue weighted by Gasteiger charge is -2.35. The molecule has 7 heteroatoms. The van der Waals surface area contributed by atoms with Crippen LogP contribution in [-0.2, 0) is 9.59 Å². The van der Waals surface area contributed by atoms with Crippen molar-refractivity contribution in [3.63, 3.8) is 0 Å². The van der Waals surface area contributed by atoms with Gasteiger partial charge in [-0.15, -0.1) is 0 Å². The molecule has 2 rings (SSSR count). The molecule has 1 saturated heterocycles. The molecule has 0 spiro atoms. The second kappa shape index (κ2) is 6.64. The van der Waals surface area contributed by atoms with Gasteiger partial charge in [-0.25, -0.2) is 0 Å². The number of aliphatic hydroxyl groups is 1. The molecule has 0 aliphatic carbocycles. The monoisotopic (exact) mass is 330 g/mol. The van der Waals surface area contributed by atoms with Crippen LogP contribution in [0.5, 0.6) is 0 Å². The smallest absolute Gasteiger partial charge is 0.256 e. The van der Waals surface area contributed by atoms with Gasteiger partial charge < -0.3 is 14.9 Å². The third-order valence-corrected chi connectivity index (χ3v) is 3.91. The summed E-state index contributed by atoms with van der Waals surface area (Å²) in [5.41, 5.74) is 0.367. The molecule has 114 valence electrons. The lowest BCUT2D eigenvalue weighted by molar-refractivity contribution is -0.145. The van der Waals surface area contributed by atoms with Crippen molar-refractivity contribution in [3.05, 3.63) is 33.8 Å². The van der Waals surface area contributed by atoms with Crippen LogP contribution in [0.1, 0.15) is 18.6 Å². The molecule has 1 aliphatic heterocycles. The Labute approximate surface area is 133 Å². The number of rotatable bonds is 2. The Kier molecular flexibility index (Phi) is 5.08. The summed E-state index contributed by atoms with van der Waals surface area (Å²) >= 11 is 11.7. The topological polar surface area (TPSA) is 60.9 Å². The second-order valence-electron chi connectivity index (χ2n) is 4.94. The first-order chi connectivity index (χ1) is 9.88. The fraction of sp³-hybridized carbons (Fsp3) is 0.429. The minimum absolute atomic E-state index is 0.00993. The summed E-state index contributed by atoms with van der Waals surface area (Å²) in [7, 11) is 0. The van der Waals surface area contributed by atoms with Gasteiger partial charge in [0.25, 0.3) is 5.91 Å². The minimum atomic E-state index is -1.30. The molecule has 1 N–H and O–H groups in total. The van der Waals surface area contributed by atoms with Gasteiger partial charge >= 0.3 is 0 Å². The summed E-state index contributed by atoms with van der Waals surface area (Å²) in [6.07, 6.45) is -1.30. The quantitative estimate of drug-likeness (QED) is 0.898. The van der Waals surface area contributed by atoms with Crippen molar-refractivity contribution in [2.75, 3.05) is 26.2 Å². The van der Waals surface area contributed by atoms with E-state index in [1.807, 2.05) is 0 Å². The van der Waals surface area contributed by atoms with Crippen molar-refractivity contribution >= 4 is 35.0 Å². The van der Waals surface area contributed by atoms with E-state index < -0.39 is 12.0 Å². The summed E-state index contributed by atoms with van der Waals surface area (Å²) in [4.78, 5) is 26.7. The van der Waals surface area contributed by atoms with Crippen LogP contribution in [0.2, 0.25) is 10.0 Å². The van der Waals surface area contributed by atoms with E-state index in [0.29, 0.717) is 41.8 Å². The Hall–Kier alpha value is -1.30. The van der Waals surface area contributed by atoms with E-state index in [2.05, 4.69) is 0 Å². The summed E-state index contributed by atoms with van der Waals surface area (Å²) in [5.74, 6) is -0.416. The van der Waals surface area contributed by atoms with Crippen LogP contribution in [0.4, 0.5) is 0 Å². The van der Waals surface area contributed by atoms with E-state index >= 15 is 0 Å². The molecule has 1 aromatic rings. The van der Waals surface area contributed by atoms with Gasteiger partial charge in [0, 0.05) is 43.1 Å². The van der Waals surface area contributed by atoms with Crippen LogP contribution in [-0.4, -0.2) is 52.9 Å². The maximum Gasteiger partial charge on any atom is 0.256 e. The fourth-order valence-corrected chi connectivity index (χ4v) is 2.83. The van der Waals surface area contributed by atoms with Crippen LogP contribution in [0, 0.1) is 0 Å². The summed E-state index contributed by atoms with van der Waals surface area (Å²) < 4.78 is 0. The Morgan fingerprint density at radius 2 is 1.52 bits per heavy atom. The molecule has 0 saturated carbocycles. The van der Waals surface area contributed by atoms with Crippen molar-refractivity contribution in [2.45, 2.75) is 13.0 Å². The van der Waals surface area contributed by atoms with E-state index in [1.54, 1.807) is 9.80 Å². The zero-order valence-electron chi connectivity index (χ0n) is 11.6. The zero-order chi connectivity index (χ0) is 15.6.